The zero-order valence-corrected chi connectivity index (χ0v) is 40.1. The van der Waals surface area contributed by atoms with Gasteiger partial charge in [0.2, 0.25) is 0 Å². The molecule has 0 saturated heterocycles. The number of benzene rings is 6. The van der Waals surface area contributed by atoms with Crippen LogP contribution < -0.4 is 9.47 Å². The van der Waals surface area contributed by atoms with Gasteiger partial charge in [0, 0.05) is 34.4 Å². The van der Waals surface area contributed by atoms with Crippen molar-refractivity contribution in [2.24, 2.45) is 0 Å². The monoisotopic (exact) mass is 863 g/mol. The van der Waals surface area contributed by atoms with Crippen LogP contribution in [0, 0.1) is 0 Å². The van der Waals surface area contributed by atoms with Gasteiger partial charge in [-0.2, -0.15) is 0 Å². The molecule has 0 aromatic heterocycles. The molecule has 0 atom stereocenters. The van der Waals surface area contributed by atoms with Crippen molar-refractivity contribution in [1.29, 1.82) is 0 Å². The van der Waals surface area contributed by atoms with Gasteiger partial charge in [-0.3, -0.25) is 9.59 Å². The largest absolute Gasteiger partial charge is 0.425 e. The predicted molar refractivity (Wildman–Crippen MR) is 274 cm³/mol. The number of carbonyl (C=O) groups excluding carboxylic acids is 2. The van der Waals surface area contributed by atoms with E-state index in [1.54, 1.807) is 0 Å². The Kier molecular flexibility index (Phi) is 20.0. The van der Waals surface area contributed by atoms with Crippen molar-refractivity contribution in [3.05, 3.63) is 96.1 Å². The van der Waals surface area contributed by atoms with Crippen LogP contribution in [0.1, 0.15) is 193 Å². The van der Waals surface area contributed by atoms with Crippen LogP contribution in [-0.4, -0.2) is 11.9 Å². The second-order valence-corrected chi connectivity index (χ2v) is 18.6. The lowest BCUT2D eigenvalue weighted by molar-refractivity contribution is -0.135. The molecule has 0 fully saturated rings. The first-order valence-corrected chi connectivity index (χ1v) is 25.8. The highest BCUT2D eigenvalue weighted by Crippen LogP contribution is 2.50. The van der Waals surface area contributed by atoms with Crippen LogP contribution in [0.2, 0.25) is 0 Å². The molecule has 0 spiro atoms. The van der Waals surface area contributed by atoms with Crippen LogP contribution in [0.25, 0.3) is 54.2 Å². The molecule has 0 aliphatic carbocycles. The number of unbranched alkanes of at least 4 members (excludes halogenated alkanes) is 18. The number of hydrogen-bond acceptors (Lipinski definition) is 4. The molecule has 6 aromatic carbocycles. The first-order chi connectivity index (χ1) is 31.5. The van der Waals surface area contributed by atoms with Gasteiger partial charge < -0.3 is 9.47 Å². The standard InChI is InChI=1S/C60H78O4/c1-5-9-13-15-17-19-21-23-25-37-55(61)63-59-49-35-29-27-33-47(49)57(53-43-45(31-11-7-3)39-41-51(53)59)58-48-34-28-30-36-50(48)60(52-42-40-46(32-12-8-4)44-54(52)58)64-56(62)38-26-24-22-20-18-16-14-10-6-2/h27-30,33-36,39-44H,5-26,31-32,37-38H2,1-4H3. The third-order valence-corrected chi connectivity index (χ3v) is 13.4. The minimum Gasteiger partial charge on any atom is -0.425 e. The molecule has 0 N–H and O–H groups in total. The van der Waals surface area contributed by atoms with Crippen LogP contribution in [-0.2, 0) is 22.4 Å². The minimum absolute atomic E-state index is 0.165. The fourth-order valence-corrected chi connectivity index (χ4v) is 9.69. The van der Waals surface area contributed by atoms with Crippen molar-refractivity contribution in [3.8, 4) is 22.6 Å². The highest BCUT2D eigenvalue weighted by Gasteiger charge is 2.25. The quantitative estimate of drug-likeness (QED) is 0.0204. The maximum absolute atomic E-state index is 13.8. The molecule has 0 unspecified atom stereocenters. The zero-order valence-electron chi connectivity index (χ0n) is 40.1. The second-order valence-electron chi connectivity index (χ2n) is 18.6. The summed E-state index contributed by atoms with van der Waals surface area (Å²) in [6, 6.07) is 30.5. The van der Waals surface area contributed by atoms with E-state index in [1.165, 1.54) is 101 Å². The topological polar surface area (TPSA) is 52.6 Å². The summed E-state index contributed by atoms with van der Waals surface area (Å²) in [4.78, 5) is 27.5. The Hall–Kier alpha value is -4.70. The summed E-state index contributed by atoms with van der Waals surface area (Å²) in [5, 5.41) is 8.03. The fraction of sp³-hybridized carbons (Fsp3) is 0.500. The van der Waals surface area contributed by atoms with E-state index in [0.29, 0.717) is 24.3 Å². The van der Waals surface area contributed by atoms with Gasteiger partial charge >= 0.3 is 11.9 Å². The molecular formula is C60H78O4. The molecule has 0 bridgehead atoms. The lowest BCUT2D eigenvalue weighted by atomic mass is 9.84. The van der Waals surface area contributed by atoms with Crippen molar-refractivity contribution in [1.82, 2.24) is 0 Å². The molecule has 0 aliphatic heterocycles. The van der Waals surface area contributed by atoms with E-state index in [-0.39, 0.29) is 11.9 Å². The molecule has 4 heteroatoms. The van der Waals surface area contributed by atoms with Crippen molar-refractivity contribution < 1.29 is 19.1 Å². The third-order valence-electron chi connectivity index (χ3n) is 13.4. The van der Waals surface area contributed by atoms with Crippen molar-refractivity contribution in [2.45, 2.75) is 195 Å². The number of ether oxygens (including phenoxy) is 2. The average Bonchev–Trinajstić information content (AvgIpc) is 3.31. The van der Waals surface area contributed by atoms with E-state index in [4.69, 9.17) is 9.47 Å². The number of aryl methyl sites for hydroxylation is 2. The van der Waals surface area contributed by atoms with Crippen LogP contribution >= 0.6 is 0 Å². The van der Waals surface area contributed by atoms with Crippen molar-refractivity contribution in [3.63, 3.8) is 0 Å². The van der Waals surface area contributed by atoms with Crippen LogP contribution in [0.3, 0.4) is 0 Å². The molecule has 0 amide bonds. The van der Waals surface area contributed by atoms with E-state index in [9.17, 15) is 9.59 Å². The van der Waals surface area contributed by atoms with E-state index in [2.05, 4.69) is 113 Å². The van der Waals surface area contributed by atoms with Gasteiger partial charge in [-0.15, -0.1) is 0 Å². The highest BCUT2D eigenvalue weighted by atomic mass is 16.5. The van der Waals surface area contributed by atoms with E-state index in [1.807, 2.05) is 0 Å². The Balaban J connectivity index is 1.41. The van der Waals surface area contributed by atoms with Gasteiger partial charge in [-0.25, -0.2) is 0 Å². The Labute approximate surface area is 385 Å². The number of rotatable bonds is 29. The molecule has 4 nitrogen and oxygen atoms in total. The molecule has 0 radical (unpaired) electrons. The molecule has 0 heterocycles. The van der Waals surface area contributed by atoms with Gasteiger partial charge in [0.15, 0.2) is 0 Å². The van der Waals surface area contributed by atoms with Gasteiger partial charge in [0.1, 0.15) is 11.5 Å². The predicted octanol–water partition coefficient (Wildman–Crippen LogP) is 18.3. The van der Waals surface area contributed by atoms with Gasteiger partial charge in [0.25, 0.3) is 0 Å². The number of esters is 2. The smallest absolute Gasteiger partial charge is 0.311 e. The van der Waals surface area contributed by atoms with Gasteiger partial charge in [-0.05, 0) is 82.3 Å². The first kappa shape index (κ1) is 48.7. The summed E-state index contributed by atoms with van der Waals surface area (Å²) in [5.41, 5.74) is 4.81. The molecular weight excluding hydrogens is 785 g/mol. The number of hydrogen-bond donors (Lipinski definition) is 0. The molecule has 64 heavy (non-hydrogen) atoms. The van der Waals surface area contributed by atoms with E-state index < -0.39 is 0 Å². The lowest BCUT2D eigenvalue weighted by Crippen LogP contribution is -2.09. The summed E-state index contributed by atoms with van der Waals surface area (Å²) in [6.45, 7) is 9.00. The zero-order chi connectivity index (χ0) is 44.9. The third kappa shape index (κ3) is 13.2. The minimum atomic E-state index is -0.165. The van der Waals surface area contributed by atoms with Crippen LogP contribution in [0.4, 0.5) is 0 Å². The highest BCUT2D eigenvalue weighted by molar-refractivity contribution is 6.27. The van der Waals surface area contributed by atoms with Crippen molar-refractivity contribution >= 4 is 55.0 Å². The van der Waals surface area contributed by atoms with Gasteiger partial charge in [0.05, 0.1) is 0 Å². The summed E-state index contributed by atoms with van der Waals surface area (Å²) in [5.74, 6) is 0.970. The lowest BCUT2D eigenvalue weighted by Gasteiger charge is -2.22. The molecule has 0 aliphatic rings. The maximum Gasteiger partial charge on any atom is 0.311 e. The Bertz CT molecular complexity index is 2240. The SMILES string of the molecule is CCCCCCCCCCCC(=O)Oc1c2ccccc2c(-c2c3ccccc3c(OC(=O)CCCCCCCCCCC)c3ccc(CCCC)cc23)c2cc(CCCC)ccc12. The second kappa shape index (κ2) is 26.3. The Morgan fingerprint density at radius 2 is 0.656 bits per heavy atom. The number of fused-ring (bicyclic) bond motifs is 4. The van der Waals surface area contributed by atoms with Gasteiger partial charge in [-0.1, -0.05) is 228 Å². The normalized spacial score (nSPS) is 11.6. The summed E-state index contributed by atoms with van der Waals surface area (Å²) < 4.78 is 13.0. The van der Waals surface area contributed by atoms with Crippen molar-refractivity contribution in [2.75, 3.05) is 0 Å². The number of carbonyl (C=O) groups is 2. The van der Waals surface area contributed by atoms with Crippen LogP contribution in [0.5, 0.6) is 11.5 Å². The molecule has 6 aromatic rings. The molecule has 342 valence electrons. The summed E-state index contributed by atoms with van der Waals surface area (Å²) >= 11 is 0. The average molecular weight is 863 g/mol. The maximum atomic E-state index is 13.8. The first-order valence-electron chi connectivity index (χ1n) is 25.8. The van der Waals surface area contributed by atoms with E-state index in [0.717, 1.165) is 118 Å². The Morgan fingerprint density at radius 3 is 1.02 bits per heavy atom. The fourth-order valence-electron chi connectivity index (χ4n) is 9.69. The summed E-state index contributed by atoms with van der Waals surface area (Å²) in [6.07, 6.45) is 28.8. The molecule has 6 rings (SSSR count). The summed E-state index contributed by atoms with van der Waals surface area (Å²) in [7, 11) is 0. The van der Waals surface area contributed by atoms with E-state index >= 15 is 0 Å². The molecule has 0 saturated carbocycles. The van der Waals surface area contributed by atoms with Crippen LogP contribution in [0.15, 0.2) is 84.9 Å². The Morgan fingerprint density at radius 1 is 0.344 bits per heavy atom.